The number of hydrogen-bond acceptors (Lipinski definition) is 5. The van der Waals surface area contributed by atoms with Gasteiger partial charge in [-0.25, -0.2) is 4.98 Å². The van der Waals surface area contributed by atoms with E-state index in [9.17, 15) is 4.79 Å². The quantitative estimate of drug-likeness (QED) is 0.714. The van der Waals surface area contributed by atoms with Crippen LogP contribution in [-0.4, -0.2) is 47.0 Å². The number of carbonyl (C=O) groups excluding carboxylic acids is 1. The van der Waals surface area contributed by atoms with Gasteiger partial charge in [-0.3, -0.25) is 4.79 Å². The average Bonchev–Trinajstić information content (AvgIpc) is 3.35. The van der Waals surface area contributed by atoms with E-state index in [-0.39, 0.29) is 18.1 Å². The molecule has 0 atom stereocenters. The Hall–Kier alpha value is -2.22. The molecule has 6 nitrogen and oxygen atoms in total. The number of piperidine rings is 1. The third-order valence-electron chi connectivity index (χ3n) is 5.78. The Bertz CT molecular complexity index is 1000. The van der Waals surface area contributed by atoms with Gasteiger partial charge in [0.15, 0.2) is 0 Å². The highest BCUT2D eigenvalue weighted by atomic mass is 32.1. The molecule has 0 bridgehead atoms. The van der Waals surface area contributed by atoms with E-state index in [2.05, 4.69) is 34.2 Å². The van der Waals surface area contributed by atoms with Gasteiger partial charge in [0.25, 0.3) is 0 Å². The maximum absolute atomic E-state index is 11.9. The molecule has 3 aromatic rings. The number of rotatable bonds is 2. The summed E-state index contributed by atoms with van der Waals surface area (Å²) in [5.41, 5.74) is 9.91. The zero-order valence-electron chi connectivity index (χ0n) is 15.0. The Labute approximate surface area is 161 Å². The van der Waals surface area contributed by atoms with E-state index >= 15 is 0 Å². The Balaban J connectivity index is 1.47. The summed E-state index contributed by atoms with van der Waals surface area (Å²) in [6.07, 6.45) is 4.36. The molecule has 3 N–H and O–H groups in total. The molecular weight excluding hydrogens is 360 g/mol. The highest BCUT2D eigenvalue weighted by molar-refractivity contribution is 7.15. The molecule has 2 aromatic heterocycles. The first-order chi connectivity index (χ1) is 13.2. The maximum atomic E-state index is 11.9. The topological polar surface area (TPSA) is 84.2 Å². The van der Waals surface area contributed by atoms with Gasteiger partial charge in [0, 0.05) is 22.8 Å². The Morgan fingerprint density at radius 2 is 2.19 bits per heavy atom. The fourth-order valence-electron chi connectivity index (χ4n) is 4.27. The second kappa shape index (κ2) is 6.44. The monoisotopic (exact) mass is 382 g/mol. The lowest BCUT2D eigenvalue weighted by Gasteiger charge is -2.43. The van der Waals surface area contributed by atoms with Crippen molar-refractivity contribution in [1.29, 1.82) is 0 Å². The number of fused-ring (bicyclic) bond motifs is 3. The third kappa shape index (κ3) is 2.77. The van der Waals surface area contributed by atoms with Crippen LogP contribution in [0.1, 0.15) is 23.3 Å². The van der Waals surface area contributed by atoms with Crippen molar-refractivity contribution in [2.24, 2.45) is 5.73 Å². The molecule has 1 saturated heterocycles. The standard InChI is InChI=1S/C20H22N4O2S/c21-11-18(25)24-6-4-20(5-7-24)19-14(3-8-26-20)10-17(27-19)13-1-2-15-16(9-13)23-12-22-15/h1-2,9-10,12H,3-8,11,21H2,(H,22,23). The summed E-state index contributed by atoms with van der Waals surface area (Å²) in [4.78, 5) is 23.9. The van der Waals surface area contributed by atoms with Crippen molar-refractivity contribution in [2.75, 3.05) is 26.2 Å². The number of ether oxygens (including phenoxy) is 1. The molecule has 1 spiro atoms. The number of imidazole rings is 1. The van der Waals surface area contributed by atoms with Gasteiger partial charge in [-0.2, -0.15) is 0 Å². The number of H-pyrrole nitrogens is 1. The molecule has 1 fully saturated rings. The largest absolute Gasteiger partial charge is 0.369 e. The minimum Gasteiger partial charge on any atom is -0.369 e. The molecule has 140 valence electrons. The summed E-state index contributed by atoms with van der Waals surface area (Å²) in [5, 5.41) is 0. The van der Waals surface area contributed by atoms with Gasteiger partial charge in [0.2, 0.25) is 5.91 Å². The van der Waals surface area contributed by atoms with E-state index in [1.165, 1.54) is 20.9 Å². The number of thiophene rings is 1. The molecule has 0 saturated carbocycles. The lowest BCUT2D eigenvalue weighted by atomic mass is 9.85. The number of nitrogens with one attached hydrogen (secondary N) is 1. The van der Waals surface area contributed by atoms with Crippen LogP contribution in [0.15, 0.2) is 30.6 Å². The summed E-state index contributed by atoms with van der Waals surface area (Å²) < 4.78 is 6.33. The number of carbonyl (C=O) groups is 1. The van der Waals surface area contributed by atoms with E-state index in [0.717, 1.165) is 36.9 Å². The van der Waals surface area contributed by atoms with Crippen LogP contribution in [0.5, 0.6) is 0 Å². The molecule has 0 unspecified atom stereocenters. The van der Waals surface area contributed by atoms with Crippen molar-refractivity contribution in [3.63, 3.8) is 0 Å². The van der Waals surface area contributed by atoms with Crippen LogP contribution in [-0.2, 0) is 21.6 Å². The zero-order chi connectivity index (χ0) is 18.4. The molecule has 7 heteroatoms. The van der Waals surface area contributed by atoms with Crippen molar-refractivity contribution >= 4 is 28.3 Å². The summed E-state index contributed by atoms with van der Waals surface area (Å²) in [7, 11) is 0. The first-order valence-electron chi connectivity index (χ1n) is 9.37. The van der Waals surface area contributed by atoms with Gasteiger partial charge in [-0.15, -0.1) is 11.3 Å². The van der Waals surface area contributed by atoms with Gasteiger partial charge in [-0.1, -0.05) is 6.07 Å². The maximum Gasteiger partial charge on any atom is 0.236 e. The van der Waals surface area contributed by atoms with Crippen LogP contribution >= 0.6 is 11.3 Å². The van der Waals surface area contributed by atoms with Crippen molar-refractivity contribution in [3.8, 4) is 10.4 Å². The van der Waals surface area contributed by atoms with E-state index < -0.39 is 0 Å². The van der Waals surface area contributed by atoms with Crippen molar-refractivity contribution in [3.05, 3.63) is 41.0 Å². The number of benzene rings is 1. The summed E-state index contributed by atoms with van der Waals surface area (Å²) in [5.74, 6) is 0.0283. The molecule has 2 aliphatic heterocycles. The second-order valence-corrected chi connectivity index (χ2v) is 8.33. The third-order valence-corrected chi connectivity index (χ3v) is 7.19. The van der Waals surface area contributed by atoms with E-state index in [0.29, 0.717) is 13.1 Å². The van der Waals surface area contributed by atoms with Crippen LogP contribution in [0, 0.1) is 0 Å². The van der Waals surface area contributed by atoms with E-state index in [1.54, 1.807) is 6.33 Å². The highest BCUT2D eigenvalue weighted by Crippen LogP contribution is 2.47. The Morgan fingerprint density at radius 1 is 1.33 bits per heavy atom. The predicted molar refractivity (Wildman–Crippen MR) is 106 cm³/mol. The molecular formula is C20H22N4O2S. The average molecular weight is 382 g/mol. The SMILES string of the molecule is NCC(=O)N1CCC2(CC1)OCCc1cc(-c3ccc4nc[nH]c4c3)sc12. The molecule has 2 aliphatic rings. The van der Waals surface area contributed by atoms with Gasteiger partial charge >= 0.3 is 0 Å². The Morgan fingerprint density at radius 3 is 3.00 bits per heavy atom. The zero-order valence-corrected chi connectivity index (χ0v) is 15.8. The predicted octanol–water partition coefficient (Wildman–Crippen LogP) is 2.64. The minimum atomic E-state index is -0.250. The lowest BCUT2D eigenvalue weighted by molar-refractivity contribution is -0.138. The number of likely N-dealkylation sites (tertiary alicyclic amines) is 1. The van der Waals surface area contributed by atoms with Crippen molar-refractivity contribution in [1.82, 2.24) is 14.9 Å². The number of amides is 1. The number of hydrogen-bond donors (Lipinski definition) is 2. The Kier molecular flexibility index (Phi) is 4.03. The number of aromatic nitrogens is 2. The first kappa shape index (κ1) is 16.9. The smallest absolute Gasteiger partial charge is 0.236 e. The van der Waals surface area contributed by atoms with Gasteiger partial charge in [0.1, 0.15) is 5.60 Å². The number of nitrogens with zero attached hydrogens (tertiary/aromatic N) is 2. The molecule has 4 heterocycles. The van der Waals surface area contributed by atoms with Crippen LogP contribution in [0.25, 0.3) is 21.5 Å². The summed E-state index contributed by atoms with van der Waals surface area (Å²) >= 11 is 1.83. The summed E-state index contributed by atoms with van der Waals surface area (Å²) in [6.45, 7) is 2.25. The van der Waals surface area contributed by atoms with Crippen LogP contribution in [0.4, 0.5) is 0 Å². The van der Waals surface area contributed by atoms with E-state index in [1.807, 2.05) is 16.2 Å². The van der Waals surface area contributed by atoms with Crippen LogP contribution in [0.2, 0.25) is 0 Å². The summed E-state index contributed by atoms with van der Waals surface area (Å²) in [6, 6.07) is 8.68. The molecule has 27 heavy (non-hydrogen) atoms. The fraction of sp³-hybridized carbons (Fsp3) is 0.400. The van der Waals surface area contributed by atoms with Crippen molar-refractivity contribution in [2.45, 2.75) is 24.9 Å². The number of aromatic amines is 1. The minimum absolute atomic E-state index is 0.0283. The molecule has 5 rings (SSSR count). The van der Waals surface area contributed by atoms with Crippen LogP contribution in [0.3, 0.4) is 0 Å². The molecule has 1 amide bonds. The molecule has 1 aromatic carbocycles. The van der Waals surface area contributed by atoms with Crippen molar-refractivity contribution < 1.29 is 9.53 Å². The molecule has 0 aliphatic carbocycles. The normalized spacial score (nSPS) is 18.8. The lowest BCUT2D eigenvalue weighted by Crippen LogP contribution is -2.49. The van der Waals surface area contributed by atoms with Gasteiger partial charge < -0.3 is 20.4 Å². The van der Waals surface area contributed by atoms with Gasteiger partial charge in [-0.05, 0) is 48.6 Å². The second-order valence-electron chi connectivity index (χ2n) is 7.28. The van der Waals surface area contributed by atoms with E-state index in [4.69, 9.17) is 10.5 Å². The fourth-order valence-corrected chi connectivity index (χ4v) is 5.68. The number of nitrogens with two attached hydrogens (primary N) is 1. The molecule has 0 radical (unpaired) electrons. The van der Waals surface area contributed by atoms with Crippen LogP contribution < -0.4 is 5.73 Å². The highest BCUT2D eigenvalue weighted by Gasteiger charge is 2.43. The first-order valence-corrected chi connectivity index (χ1v) is 10.2. The van der Waals surface area contributed by atoms with Gasteiger partial charge in [0.05, 0.1) is 30.5 Å².